The fourth-order valence-electron chi connectivity index (χ4n) is 1.26. The molecular formula is C10H9BrF3NO2. The topological polar surface area (TPSA) is 63.3 Å². The van der Waals surface area contributed by atoms with Gasteiger partial charge in [0.25, 0.3) is 11.5 Å². The number of rotatable bonds is 2. The van der Waals surface area contributed by atoms with Crippen LogP contribution in [0.5, 0.6) is 0 Å². The molecule has 17 heavy (non-hydrogen) atoms. The summed E-state index contributed by atoms with van der Waals surface area (Å²) in [7, 11) is 0. The normalized spacial score (nSPS) is 15.4. The number of hydrogen-bond donors (Lipinski definition) is 2. The molecule has 0 bridgehead atoms. The first-order valence-corrected chi connectivity index (χ1v) is 5.25. The standard InChI is InChI=1S/C10H9BrF3NO2/c1-5-2-3-6(4-7(5)11)9(17,8(15)16)10(12,13)14/h2-4,17H,1H3,(H2,15,16). The van der Waals surface area contributed by atoms with Crippen LogP contribution in [0, 0.1) is 6.92 Å². The van der Waals surface area contributed by atoms with E-state index in [1.807, 2.05) is 0 Å². The number of benzene rings is 1. The first-order valence-electron chi connectivity index (χ1n) is 4.46. The second-order valence-corrected chi connectivity index (χ2v) is 4.39. The van der Waals surface area contributed by atoms with Crippen LogP contribution in [0.1, 0.15) is 11.1 Å². The lowest BCUT2D eigenvalue weighted by Crippen LogP contribution is -2.52. The van der Waals surface area contributed by atoms with E-state index in [9.17, 15) is 23.1 Å². The molecular weight excluding hydrogens is 303 g/mol. The largest absolute Gasteiger partial charge is 0.430 e. The van der Waals surface area contributed by atoms with E-state index in [2.05, 4.69) is 21.7 Å². The highest BCUT2D eigenvalue weighted by Crippen LogP contribution is 2.39. The fraction of sp³-hybridized carbons (Fsp3) is 0.300. The number of aryl methyl sites for hydroxylation is 1. The number of primary amides is 1. The van der Waals surface area contributed by atoms with Gasteiger partial charge in [0.15, 0.2) is 0 Å². The van der Waals surface area contributed by atoms with Gasteiger partial charge < -0.3 is 10.8 Å². The Morgan fingerprint density at radius 1 is 1.41 bits per heavy atom. The minimum Gasteiger partial charge on any atom is -0.369 e. The minimum atomic E-state index is -5.17. The highest BCUT2D eigenvalue weighted by molar-refractivity contribution is 9.10. The van der Waals surface area contributed by atoms with Crippen molar-refractivity contribution in [1.29, 1.82) is 0 Å². The van der Waals surface area contributed by atoms with Crippen LogP contribution in [0.3, 0.4) is 0 Å². The fourth-order valence-corrected chi connectivity index (χ4v) is 1.64. The zero-order valence-electron chi connectivity index (χ0n) is 8.68. The quantitative estimate of drug-likeness (QED) is 0.877. The summed E-state index contributed by atoms with van der Waals surface area (Å²) in [4.78, 5) is 10.9. The van der Waals surface area contributed by atoms with E-state index in [0.717, 1.165) is 12.1 Å². The molecule has 1 rings (SSSR count). The smallest absolute Gasteiger partial charge is 0.369 e. The van der Waals surface area contributed by atoms with E-state index < -0.39 is 23.2 Å². The Balaban J connectivity index is 3.44. The SMILES string of the molecule is Cc1ccc(C(O)(C(N)=O)C(F)(F)F)cc1Br. The second-order valence-electron chi connectivity index (χ2n) is 3.54. The number of nitrogens with two attached hydrogens (primary N) is 1. The molecule has 0 aliphatic heterocycles. The van der Waals surface area contributed by atoms with E-state index in [1.165, 1.54) is 6.07 Å². The number of amides is 1. The Hall–Kier alpha value is -1.08. The number of alkyl halides is 3. The molecule has 0 heterocycles. The summed E-state index contributed by atoms with van der Waals surface area (Å²) >= 11 is 3.02. The van der Waals surface area contributed by atoms with Crippen molar-refractivity contribution in [2.45, 2.75) is 18.7 Å². The molecule has 0 aliphatic rings. The van der Waals surface area contributed by atoms with Crippen molar-refractivity contribution in [3.05, 3.63) is 33.8 Å². The second kappa shape index (κ2) is 4.30. The summed E-state index contributed by atoms with van der Waals surface area (Å²) in [5, 5.41) is 9.49. The lowest BCUT2D eigenvalue weighted by molar-refractivity contribution is -0.255. The van der Waals surface area contributed by atoms with Crippen LogP contribution in [0.4, 0.5) is 13.2 Å². The van der Waals surface area contributed by atoms with Gasteiger partial charge >= 0.3 is 6.18 Å². The van der Waals surface area contributed by atoms with Crippen LogP contribution in [0.25, 0.3) is 0 Å². The van der Waals surface area contributed by atoms with Crippen LogP contribution in [-0.2, 0) is 10.4 Å². The third kappa shape index (κ3) is 2.30. The van der Waals surface area contributed by atoms with E-state index in [1.54, 1.807) is 6.92 Å². The van der Waals surface area contributed by atoms with Gasteiger partial charge in [-0.25, -0.2) is 0 Å². The number of hydrogen-bond acceptors (Lipinski definition) is 2. The zero-order chi connectivity index (χ0) is 13.4. The highest BCUT2D eigenvalue weighted by Gasteiger charge is 2.60. The maximum atomic E-state index is 12.7. The van der Waals surface area contributed by atoms with Crippen LogP contribution < -0.4 is 5.73 Å². The number of carbonyl (C=O) groups is 1. The van der Waals surface area contributed by atoms with Gasteiger partial charge in [-0.3, -0.25) is 4.79 Å². The van der Waals surface area contributed by atoms with Gasteiger partial charge in [-0.2, -0.15) is 13.2 Å². The van der Waals surface area contributed by atoms with E-state index in [-0.39, 0.29) is 0 Å². The van der Waals surface area contributed by atoms with Crippen LogP contribution in [0.2, 0.25) is 0 Å². The molecule has 1 aromatic rings. The van der Waals surface area contributed by atoms with Crippen molar-refractivity contribution >= 4 is 21.8 Å². The van der Waals surface area contributed by atoms with Crippen molar-refractivity contribution in [1.82, 2.24) is 0 Å². The molecule has 7 heteroatoms. The molecule has 1 aromatic carbocycles. The number of carbonyl (C=O) groups excluding carboxylic acids is 1. The molecule has 1 amide bonds. The van der Waals surface area contributed by atoms with E-state index >= 15 is 0 Å². The Morgan fingerprint density at radius 2 is 1.94 bits per heavy atom. The Kier molecular flexibility index (Phi) is 3.54. The summed E-state index contributed by atoms with van der Waals surface area (Å²) in [6.07, 6.45) is -5.17. The maximum Gasteiger partial charge on any atom is 0.430 e. The summed E-state index contributed by atoms with van der Waals surface area (Å²) in [6.45, 7) is 1.66. The maximum absolute atomic E-state index is 12.7. The van der Waals surface area contributed by atoms with Crippen molar-refractivity contribution in [3.8, 4) is 0 Å². The minimum absolute atomic E-state index is 0.346. The van der Waals surface area contributed by atoms with Crippen molar-refractivity contribution in [2.24, 2.45) is 5.73 Å². The van der Waals surface area contributed by atoms with Crippen LogP contribution in [-0.4, -0.2) is 17.2 Å². The Morgan fingerprint density at radius 3 is 2.29 bits per heavy atom. The monoisotopic (exact) mass is 311 g/mol. The lowest BCUT2D eigenvalue weighted by Gasteiger charge is -2.27. The predicted octanol–water partition coefficient (Wildman–Crippen LogP) is 1.99. The third-order valence-electron chi connectivity index (χ3n) is 2.36. The van der Waals surface area contributed by atoms with Crippen LogP contribution in [0.15, 0.2) is 22.7 Å². The summed E-state index contributed by atoms with van der Waals surface area (Å²) in [5.74, 6) is -1.86. The van der Waals surface area contributed by atoms with Crippen molar-refractivity contribution in [2.75, 3.05) is 0 Å². The molecule has 1 atom stereocenters. The molecule has 3 N–H and O–H groups in total. The Labute approximate surface area is 104 Å². The average molecular weight is 312 g/mol. The van der Waals surface area contributed by atoms with E-state index in [0.29, 0.717) is 10.0 Å². The predicted molar refractivity (Wildman–Crippen MR) is 58.0 cm³/mol. The zero-order valence-corrected chi connectivity index (χ0v) is 10.3. The summed E-state index contributed by atoms with van der Waals surface area (Å²) < 4.78 is 38.5. The molecule has 0 radical (unpaired) electrons. The molecule has 0 saturated heterocycles. The van der Waals surface area contributed by atoms with Gasteiger partial charge in [0.1, 0.15) is 0 Å². The molecule has 0 aliphatic carbocycles. The molecule has 0 spiro atoms. The van der Waals surface area contributed by atoms with Gasteiger partial charge in [0.2, 0.25) is 0 Å². The molecule has 3 nitrogen and oxygen atoms in total. The summed E-state index contributed by atoms with van der Waals surface area (Å²) in [5.41, 5.74) is 1.03. The first-order chi connectivity index (χ1) is 7.60. The molecule has 1 unspecified atom stereocenters. The van der Waals surface area contributed by atoms with E-state index in [4.69, 9.17) is 0 Å². The van der Waals surface area contributed by atoms with Crippen molar-refractivity contribution < 1.29 is 23.1 Å². The number of aliphatic hydroxyl groups is 1. The third-order valence-corrected chi connectivity index (χ3v) is 3.21. The van der Waals surface area contributed by atoms with Gasteiger partial charge in [-0.1, -0.05) is 28.1 Å². The molecule has 94 valence electrons. The van der Waals surface area contributed by atoms with Gasteiger partial charge in [-0.15, -0.1) is 0 Å². The number of halogens is 4. The van der Waals surface area contributed by atoms with Crippen molar-refractivity contribution in [3.63, 3.8) is 0 Å². The molecule has 0 fully saturated rings. The van der Waals surface area contributed by atoms with Crippen LogP contribution >= 0.6 is 15.9 Å². The highest BCUT2D eigenvalue weighted by atomic mass is 79.9. The van der Waals surface area contributed by atoms with Gasteiger partial charge in [-0.05, 0) is 18.6 Å². The average Bonchev–Trinajstić information content (AvgIpc) is 2.19. The van der Waals surface area contributed by atoms with Gasteiger partial charge in [0.05, 0.1) is 0 Å². The first kappa shape index (κ1) is 14.0. The molecule has 0 saturated carbocycles. The Bertz CT molecular complexity index is 461. The molecule has 0 aromatic heterocycles. The van der Waals surface area contributed by atoms with Gasteiger partial charge in [0, 0.05) is 10.0 Å². The lowest BCUT2D eigenvalue weighted by atomic mass is 9.92. The summed E-state index contributed by atoms with van der Waals surface area (Å²) in [6, 6.07) is 3.38.